The maximum absolute atomic E-state index is 6.29. The second-order valence-electron chi connectivity index (χ2n) is 6.34. The minimum absolute atomic E-state index is 0.368. The predicted octanol–water partition coefficient (Wildman–Crippen LogP) is 2.74. The highest BCUT2D eigenvalue weighted by Crippen LogP contribution is 2.46. The van der Waals surface area contributed by atoms with Crippen molar-refractivity contribution in [1.29, 1.82) is 0 Å². The van der Waals surface area contributed by atoms with Gasteiger partial charge in [-0.2, -0.15) is 4.52 Å². The molecule has 2 aromatic heterocycles. The summed E-state index contributed by atoms with van der Waals surface area (Å²) in [6, 6.07) is 5.79. The fourth-order valence-electron chi connectivity index (χ4n) is 3.50. The molecule has 3 atom stereocenters. The smallest absolute Gasteiger partial charge is 0.216 e. The molecular weight excluding hydrogens is 367 g/mol. The average Bonchev–Trinajstić information content (AvgIpc) is 3.00. The second kappa shape index (κ2) is 4.98. The molecule has 5 rings (SSSR count). The van der Waals surface area contributed by atoms with Crippen LogP contribution in [0.3, 0.4) is 0 Å². The van der Waals surface area contributed by atoms with Crippen molar-refractivity contribution in [3.63, 3.8) is 0 Å². The molecule has 0 amide bonds. The largest absolute Gasteiger partial charge is 0.382 e. The summed E-state index contributed by atoms with van der Waals surface area (Å²) in [5.74, 6) is 1.69. The molecule has 0 spiro atoms. The molecular formula is C15H14Cl2N6S. The molecule has 3 aromatic rings. The molecule has 6 nitrogen and oxygen atoms in total. The first-order valence-corrected chi connectivity index (χ1v) is 9.22. The third-order valence-corrected chi connectivity index (χ3v) is 6.75. The monoisotopic (exact) mass is 380 g/mol. The Labute approximate surface area is 152 Å². The van der Waals surface area contributed by atoms with Gasteiger partial charge in [0.1, 0.15) is 5.69 Å². The first-order chi connectivity index (χ1) is 11.5. The zero-order valence-corrected chi connectivity index (χ0v) is 14.8. The Balaban J connectivity index is 1.53. The van der Waals surface area contributed by atoms with Crippen LogP contribution in [0, 0.1) is 11.8 Å². The van der Waals surface area contributed by atoms with E-state index in [1.54, 1.807) is 10.6 Å². The van der Waals surface area contributed by atoms with Crippen LogP contribution in [0.2, 0.25) is 10.0 Å². The molecule has 1 aromatic carbocycles. The number of aromatic nitrogens is 3. The fraction of sp³-hybridized carbons (Fsp3) is 0.333. The quantitative estimate of drug-likeness (QED) is 0.713. The highest BCUT2D eigenvalue weighted by molar-refractivity contribution is 7.20. The SMILES string of the molecule is Nc1c(-c2cccc(Cl)c2Cl)nc2sc(N3C[C@@H]4C(N)[C@@H]4C3)nn12. The molecule has 1 aliphatic heterocycles. The van der Waals surface area contributed by atoms with Gasteiger partial charge in [-0.05, 0) is 17.9 Å². The number of nitrogen functional groups attached to an aromatic ring is 1. The van der Waals surface area contributed by atoms with Gasteiger partial charge in [-0.15, -0.1) is 5.10 Å². The Kier molecular flexibility index (Phi) is 3.07. The summed E-state index contributed by atoms with van der Waals surface area (Å²) in [6.07, 6.45) is 0. The van der Waals surface area contributed by atoms with Gasteiger partial charge in [0.15, 0.2) is 5.82 Å². The van der Waals surface area contributed by atoms with Crippen molar-refractivity contribution in [2.45, 2.75) is 6.04 Å². The van der Waals surface area contributed by atoms with Gasteiger partial charge in [0.05, 0.1) is 10.0 Å². The Morgan fingerprint density at radius 1 is 1.21 bits per heavy atom. The van der Waals surface area contributed by atoms with Gasteiger partial charge in [-0.25, -0.2) is 4.98 Å². The molecule has 1 aliphatic carbocycles. The van der Waals surface area contributed by atoms with Crippen molar-refractivity contribution >= 4 is 50.4 Å². The number of benzene rings is 1. The molecule has 9 heteroatoms. The van der Waals surface area contributed by atoms with Crippen molar-refractivity contribution < 1.29 is 0 Å². The van der Waals surface area contributed by atoms with E-state index in [0.29, 0.717) is 45.0 Å². The second-order valence-corrected chi connectivity index (χ2v) is 8.06. The Bertz CT molecular complexity index is 954. The van der Waals surface area contributed by atoms with Crippen molar-refractivity contribution in [1.82, 2.24) is 14.6 Å². The van der Waals surface area contributed by atoms with E-state index < -0.39 is 0 Å². The van der Waals surface area contributed by atoms with E-state index in [9.17, 15) is 0 Å². The first kappa shape index (κ1) is 14.8. The zero-order valence-electron chi connectivity index (χ0n) is 12.5. The molecule has 0 bridgehead atoms. The highest BCUT2D eigenvalue weighted by atomic mass is 35.5. The summed E-state index contributed by atoms with van der Waals surface area (Å²) in [5.41, 5.74) is 13.6. The van der Waals surface area contributed by atoms with Crippen LogP contribution in [0.15, 0.2) is 18.2 Å². The number of hydrogen-bond donors (Lipinski definition) is 2. The number of hydrogen-bond acceptors (Lipinski definition) is 6. The van der Waals surface area contributed by atoms with E-state index >= 15 is 0 Å². The van der Waals surface area contributed by atoms with Crippen LogP contribution in [0.4, 0.5) is 10.9 Å². The van der Waals surface area contributed by atoms with E-state index in [0.717, 1.165) is 23.2 Å². The number of piperidine rings is 1. The van der Waals surface area contributed by atoms with Crippen LogP contribution in [0.1, 0.15) is 0 Å². The maximum Gasteiger partial charge on any atom is 0.216 e. The Morgan fingerprint density at radius 2 is 1.96 bits per heavy atom. The normalized spacial score (nSPS) is 25.5. The van der Waals surface area contributed by atoms with Gasteiger partial charge in [0.25, 0.3) is 0 Å². The molecule has 3 heterocycles. The number of imidazole rings is 1. The number of nitrogens with zero attached hydrogens (tertiary/aromatic N) is 4. The summed E-state index contributed by atoms with van der Waals surface area (Å²) in [4.78, 5) is 7.64. The molecule has 0 radical (unpaired) electrons. The van der Waals surface area contributed by atoms with Gasteiger partial charge < -0.3 is 16.4 Å². The van der Waals surface area contributed by atoms with Crippen LogP contribution in [-0.2, 0) is 0 Å². The predicted molar refractivity (Wildman–Crippen MR) is 97.9 cm³/mol. The highest BCUT2D eigenvalue weighted by Gasteiger charge is 2.54. The summed E-state index contributed by atoms with van der Waals surface area (Å²) in [6.45, 7) is 1.94. The zero-order chi connectivity index (χ0) is 16.6. The summed E-state index contributed by atoms with van der Waals surface area (Å²) in [5, 5.41) is 6.49. The number of halogens is 2. The lowest BCUT2D eigenvalue weighted by Crippen LogP contribution is -2.27. The summed E-state index contributed by atoms with van der Waals surface area (Å²) < 4.78 is 1.68. The summed E-state index contributed by atoms with van der Waals surface area (Å²) >= 11 is 13.9. The van der Waals surface area contributed by atoms with E-state index in [2.05, 4.69) is 15.0 Å². The van der Waals surface area contributed by atoms with Gasteiger partial charge in [-0.3, -0.25) is 0 Å². The maximum atomic E-state index is 6.29. The van der Waals surface area contributed by atoms with Crippen molar-refractivity contribution in [2.24, 2.45) is 17.6 Å². The van der Waals surface area contributed by atoms with E-state index in [4.69, 9.17) is 34.7 Å². The van der Waals surface area contributed by atoms with E-state index in [1.807, 2.05) is 12.1 Å². The van der Waals surface area contributed by atoms with Crippen molar-refractivity contribution in [2.75, 3.05) is 23.7 Å². The van der Waals surface area contributed by atoms with Gasteiger partial charge >= 0.3 is 0 Å². The number of anilines is 2. The van der Waals surface area contributed by atoms with Crippen LogP contribution < -0.4 is 16.4 Å². The number of rotatable bonds is 2. The Hall–Kier alpha value is -1.54. The minimum atomic E-state index is 0.368. The minimum Gasteiger partial charge on any atom is -0.382 e. The lowest BCUT2D eigenvalue weighted by Gasteiger charge is -2.16. The molecule has 1 saturated heterocycles. The molecule has 24 heavy (non-hydrogen) atoms. The number of nitrogens with two attached hydrogens (primary N) is 2. The number of fused-ring (bicyclic) bond motifs is 2. The van der Waals surface area contributed by atoms with Gasteiger partial charge in [0, 0.05) is 24.7 Å². The molecule has 2 aliphatic rings. The van der Waals surface area contributed by atoms with Gasteiger partial charge in [0.2, 0.25) is 10.1 Å². The van der Waals surface area contributed by atoms with Crippen LogP contribution in [0.5, 0.6) is 0 Å². The third-order valence-electron chi connectivity index (χ3n) is 4.97. The summed E-state index contributed by atoms with van der Waals surface area (Å²) in [7, 11) is 0. The fourth-order valence-corrected chi connectivity index (χ4v) is 4.81. The van der Waals surface area contributed by atoms with Crippen LogP contribution in [-0.4, -0.2) is 33.7 Å². The van der Waals surface area contributed by atoms with E-state index in [1.165, 1.54) is 11.3 Å². The average molecular weight is 381 g/mol. The molecule has 2 fully saturated rings. The molecule has 124 valence electrons. The lowest BCUT2D eigenvalue weighted by atomic mass is 10.1. The van der Waals surface area contributed by atoms with Crippen LogP contribution in [0.25, 0.3) is 16.2 Å². The first-order valence-electron chi connectivity index (χ1n) is 7.64. The lowest BCUT2D eigenvalue weighted by molar-refractivity contribution is 0.734. The topological polar surface area (TPSA) is 85.5 Å². The van der Waals surface area contributed by atoms with E-state index in [-0.39, 0.29) is 0 Å². The standard InChI is InChI=1S/C15H14Cl2N6S/c16-9-3-1-2-6(10(9)17)12-13(19)23-14(20-12)24-15(21-23)22-4-7-8(5-22)11(7)18/h1-3,7-8,11H,4-5,18-19H2/t7-,8+,11?. The molecule has 1 saturated carbocycles. The van der Waals surface area contributed by atoms with Crippen molar-refractivity contribution in [3.05, 3.63) is 28.2 Å². The van der Waals surface area contributed by atoms with Gasteiger partial charge in [-0.1, -0.05) is 46.7 Å². The third kappa shape index (κ3) is 1.99. The molecule has 4 N–H and O–H groups in total. The Morgan fingerprint density at radius 3 is 2.67 bits per heavy atom. The molecule has 1 unspecified atom stereocenters. The van der Waals surface area contributed by atoms with Crippen LogP contribution >= 0.6 is 34.5 Å². The van der Waals surface area contributed by atoms with Crippen molar-refractivity contribution in [3.8, 4) is 11.3 Å².